The van der Waals surface area contributed by atoms with E-state index in [-0.39, 0.29) is 10.6 Å². The summed E-state index contributed by atoms with van der Waals surface area (Å²) in [6.45, 7) is 1.48. The highest BCUT2D eigenvalue weighted by atomic mass is 32.2. The topological polar surface area (TPSA) is 72.2 Å². The number of nitrogens with two attached hydrogens (primary N) is 1. The van der Waals surface area contributed by atoms with Crippen LogP contribution in [0.15, 0.2) is 23.1 Å². The third-order valence-corrected chi connectivity index (χ3v) is 3.73. The number of hydrogen-bond donors (Lipinski definition) is 2. The van der Waals surface area contributed by atoms with Crippen molar-refractivity contribution >= 4 is 22.4 Å². The molecule has 6 heteroatoms. The van der Waals surface area contributed by atoms with Gasteiger partial charge in [-0.25, -0.2) is 4.39 Å². The molecule has 3 N–H and O–H groups in total. The van der Waals surface area contributed by atoms with Gasteiger partial charge in [-0.05, 0) is 25.1 Å². The minimum atomic E-state index is -1.72. The quantitative estimate of drug-likeness (QED) is 0.767. The number of rotatable bonds is 3. The van der Waals surface area contributed by atoms with E-state index in [4.69, 9.17) is 5.73 Å². The summed E-state index contributed by atoms with van der Waals surface area (Å²) in [4.78, 5) is 11.2. The molecule has 2 atom stereocenters. The lowest BCUT2D eigenvalue weighted by atomic mass is 10.3. The largest absolute Gasteiger partial charge is 0.399 e. The van der Waals surface area contributed by atoms with Crippen molar-refractivity contribution in [3.8, 4) is 0 Å². The van der Waals surface area contributed by atoms with Crippen molar-refractivity contribution in [3.05, 3.63) is 24.0 Å². The zero-order chi connectivity index (χ0) is 12.3. The summed E-state index contributed by atoms with van der Waals surface area (Å²) in [7, 11) is -0.281. The van der Waals surface area contributed by atoms with Crippen LogP contribution >= 0.6 is 0 Å². The van der Waals surface area contributed by atoms with Crippen molar-refractivity contribution in [3.63, 3.8) is 0 Å². The van der Waals surface area contributed by atoms with Gasteiger partial charge < -0.3 is 11.1 Å². The molecule has 0 saturated heterocycles. The van der Waals surface area contributed by atoms with E-state index in [1.807, 2.05) is 0 Å². The Kier molecular flexibility index (Phi) is 4.00. The number of benzene rings is 1. The summed E-state index contributed by atoms with van der Waals surface area (Å²) in [5.74, 6) is -1.05. The molecule has 0 aliphatic carbocycles. The molecular formula is C10H13FN2O2S. The lowest BCUT2D eigenvalue weighted by Crippen LogP contribution is -2.33. The first-order chi connectivity index (χ1) is 7.47. The van der Waals surface area contributed by atoms with Crippen LogP contribution < -0.4 is 11.1 Å². The molecule has 88 valence electrons. The fourth-order valence-corrected chi connectivity index (χ4v) is 2.32. The number of halogens is 1. The van der Waals surface area contributed by atoms with Gasteiger partial charge in [0, 0.05) is 12.7 Å². The Hall–Kier alpha value is -1.43. The van der Waals surface area contributed by atoms with Crippen LogP contribution in [-0.4, -0.2) is 22.4 Å². The average Bonchev–Trinajstić information content (AvgIpc) is 2.26. The molecule has 0 saturated carbocycles. The molecular weight excluding hydrogens is 231 g/mol. The highest BCUT2D eigenvalue weighted by Crippen LogP contribution is 2.18. The Bertz CT molecular complexity index is 437. The second kappa shape index (κ2) is 5.07. The van der Waals surface area contributed by atoms with E-state index < -0.39 is 27.8 Å². The van der Waals surface area contributed by atoms with Crippen molar-refractivity contribution in [2.24, 2.45) is 0 Å². The van der Waals surface area contributed by atoms with E-state index >= 15 is 0 Å². The van der Waals surface area contributed by atoms with E-state index in [1.165, 1.54) is 26.1 Å². The first-order valence-electron chi connectivity index (χ1n) is 4.64. The molecule has 1 aromatic carbocycles. The summed E-state index contributed by atoms with van der Waals surface area (Å²) in [5, 5.41) is 1.56. The molecule has 16 heavy (non-hydrogen) atoms. The summed E-state index contributed by atoms with van der Waals surface area (Å²) in [6, 6.07) is 3.87. The van der Waals surface area contributed by atoms with Crippen LogP contribution in [0.4, 0.5) is 10.1 Å². The molecule has 0 aliphatic heterocycles. The molecule has 0 heterocycles. The van der Waals surface area contributed by atoms with Gasteiger partial charge in [-0.2, -0.15) is 0 Å². The van der Waals surface area contributed by atoms with Crippen LogP contribution in [0, 0.1) is 5.82 Å². The molecule has 4 nitrogen and oxygen atoms in total. The minimum absolute atomic E-state index is 0.00898. The van der Waals surface area contributed by atoms with Crippen molar-refractivity contribution in [1.29, 1.82) is 0 Å². The van der Waals surface area contributed by atoms with Crippen LogP contribution in [0.5, 0.6) is 0 Å². The maximum Gasteiger partial charge on any atom is 0.235 e. The second-order valence-electron chi connectivity index (χ2n) is 3.24. The lowest BCUT2D eigenvalue weighted by molar-refractivity contribution is -0.119. The Morgan fingerprint density at radius 2 is 2.19 bits per heavy atom. The number of nitrogens with one attached hydrogen (secondary N) is 1. The standard InChI is InChI=1S/C10H13FN2O2S/c1-6(10(14)13-2)16(15)9-4-3-7(12)5-8(9)11/h3-6H,12H2,1-2H3,(H,13,14). The molecule has 0 bridgehead atoms. The van der Waals surface area contributed by atoms with Gasteiger partial charge in [-0.3, -0.25) is 9.00 Å². The maximum absolute atomic E-state index is 13.4. The van der Waals surface area contributed by atoms with Gasteiger partial charge in [0.15, 0.2) is 0 Å². The van der Waals surface area contributed by atoms with Crippen molar-refractivity contribution in [2.45, 2.75) is 17.1 Å². The first-order valence-corrected chi connectivity index (χ1v) is 5.86. The molecule has 1 aromatic rings. The van der Waals surface area contributed by atoms with Crippen molar-refractivity contribution in [1.82, 2.24) is 5.32 Å². The minimum Gasteiger partial charge on any atom is -0.399 e. The normalized spacial score (nSPS) is 14.2. The average molecular weight is 244 g/mol. The van der Waals surface area contributed by atoms with Crippen molar-refractivity contribution in [2.75, 3.05) is 12.8 Å². The number of hydrogen-bond acceptors (Lipinski definition) is 3. The van der Waals surface area contributed by atoms with Crippen LogP contribution in [0.25, 0.3) is 0 Å². The maximum atomic E-state index is 13.4. The van der Waals surface area contributed by atoms with Crippen molar-refractivity contribution < 1.29 is 13.4 Å². The molecule has 0 spiro atoms. The number of amides is 1. The highest BCUT2D eigenvalue weighted by Gasteiger charge is 2.22. The zero-order valence-electron chi connectivity index (χ0n) is 8.99. The predicted octanol–water partition coefficient (Wildman–Crippen LogP) is 0.650. The fourth-order valence-electron chi connectivity index (χ4n) is 1.17. The van der Waals surface area contributed by atoms with Gasteiger partial charge in [0.25, 0.3) is 0 Å². The van der Waals surface area contributed by atoms with Crippen LogP contribution in [0.1, 0.15) is 6.92 Å². The Balaban J connectivity index is 3.01. The van der Waals surface area contributed by atoms with Gasteiger partial charge in [0.05, 0.1) is 15.7 Å². The van der Waals surface area contributed by atoms with Crippen LogP contribution in [0.2, 0.25) is 0 Å². The zero-order valence-corrected chi connectivity index (χ0v) is 9.81. The monoisotopic (exact) mass is 244 g/mol. The smallest absolute Gasteiger partial charge is 0.235 e. The summed E-state index contributed by atoms with van der Waals surface area (Å²) >= 11 is 0. The second-order valence-corrected chi connectivity index (χ2v) is 4.99. The lowest BCUT2D eigenvalue weighted by Gasteiger charge is -2.10. The molecule has 0 fully saturated rings. The number of carbonyl (C=O) groups is 1. The summed E-state index contributed by atoms with van der Waals surface area (Å²) in [5.41, 5.74) is 5.63. The number of nitrogen functional groups attached to an aromatic ring is 1. The predicted molar refractivity (Wildman–Crippen MR) is 60.7 cm³/mol. The third kappa shape index (κ3) is 2.57. The van der Waals surface area contributed by atoms with Gasteiger partial charge in [-0.1, -0.05) is 0 Å². The van der Waals surface area contributed by atoms with E-state index in [0.717, 1.165) is 6.07 Å². The van der Waals surface area contributed by atoms with Gasteiger partial charge >= 0.3 is 0 Å². The number of anilines is 1. The molecule has 1 amide bonds. The number of carbonyl (C=O) groups excluding carboxylic acids is 1. The molecule has 1 rings (SSSR count). The third-order valence-electron chi connectivity index (χ3n) is 2.11. The van der Waals surface area contributed by atoms with Gasteiger partial charge in [-0.15, -0.1) is 0 Å². The van der Waals surface area contributed by atoms with Crippen LogP contribution in [-0.2, 0) is 15.6 Å². The molecule has 2 unspecified atom stereocenters. The molecule has 0 aliphatic rings. The highest BCUT2D eigenvalue weighted by molar-refractivity contribution is 7.86. The Morgan fingerprint density at radius 1 is 1.56 bits per heavy atom. The van der Waals surface area contributed by atoms with E-state index in [9.17, 15) is 13.4 Å². The van der Waals surface area contributed by atoms with Gasteiger partial charge in [0.2, 0.25) is 5.91 Å². The Labute approximate surface area is 95.5 Å². The summed E-state index contributed by atoms with van der Waals surface area (Å²) < 4.78 is 25.3. The van der Waals surface area contributed by atoms with E-state index in [0.29, 0.717) is 0 Å². The Morgan fingerprint density at radius 3 is 2.69 bits per heavy atom. The van der Waals surface area contributed by atoms with E-state index in [1.54, 1.807) is 0 Å². The summed E-state index contributed by atoms with van der Waals surface area (Å²) in [6.07, 6.45) is 0. The first kappa shape index (κ1) is 12.6. The molecule has 0 radical (unpaired) electrons. The molecule has 0 aromatic heterocycles. The van der Waals surface area contributed by atoms with E-state index in [2.05, 4.69) is 5.32 Å². The van der Waals surface area contributed by atoms with Gasteiger partial charge in [0.1, 0.15) is 11.1 Å². The van der Waals surface area contributed by atoms with Crippen LogP contribution in [0.3, 0.4) is 0 Å². The SMILES string of the molecule is CNC(=O)C(C)S(=O)c1ccc(N)cc1F. The fraction of sp³-hybridized carbons (Fsp3) is 0.300.